The van der Waals surface area contributed by atoms with E-state index >= 15 is 0 Å². The van der Waals surface area contributed by atoms with Gasteiger partial charge < -0.3 is 14.8 Å². The minimum atomic E-state index is -0.385. The quantitative estimate of drug-likeness (QED) is 0.342. The molecule has 7 nitrogen and oxygen atoms in total. The van der Waals surface area contributed by atoms with Crippen LogP contribution in [0, 0.1) is 0 Å². The number of halogens is 2. The Morgan fingerprint density at radius 1 is 1.27 bits per heavy atom. The van der Waals surface area contributed by atoms with Gasteiger partial charge in [0, 0.05) is 16.1 Å². The molecule has 3 aromatic rings. The van der Waals surface area contributed by atoms with E-state index in [0.717, 1.165) is 47.0 Å². The molecule has 33 heavy (non-hydrogen) atoms. The largest absolute Gasteiger partial charge is 0.470 e. The van der Waals surface area contributed by atoms with E-state index in [1.807, 2.05) is 6.92 Å². The zero-order valence-electron chi connectivity index (χ0n) is 18.0. The third kappa shape index (κ3) is 5.59. The molecule has 0 atom stereocenters. The average molecular weight is 553 g/mol. The van der Waals surface area contributed by atoms with E-state index in [-0.39, 0.29) is 24.3 Å². The van der Waals surface area contributed by atoms with Crippen LogP contribution in [0.3, 0.4) is 0 Å². The summed E-state index contributed by atoms with van der Waals surface area (Å²) in [4.78, 5) is 26.8. The molecule has 1 aliphatic carbocycles. The first-order chi connectivity index (χ1) is 16.0. The molecule has 0 aliphatic heterocycles. The Morgan fingerprint density at radius 3 is 2.88 bits per heavy atom. The highest BCUT2D eigenvalue weighted by atomic mass is 79.9. The van der Waals surface area contributed by atoms with Crippen LogP contribution in [0.2, 0.25) is 5.02 Å². The van der Waals surface area contributed by atoms with Gasteiger partial charge in [0.1, 0.15) is 10.8 Å². The number of anilines is 1. The van der Waals surface area contributed by atoms with Gasteiger partial charge in [-0.25, -0.2) is 9.48 Å². The maximum Gasteiger partial charge on any atom is 0.341 e. The number of benzene rings is 1. The summed E-state index contributed by atoms with van der Waals surface area (Å²) >= 11 is 10.8. The molecule has 1 aliphatic rings. The molecule has 2 aromatic heterocycles. The molecule has 2 heterocycles. The van der Waals surface area contributed by atoms with Crippen LogP contribution >= 0.6 is 38.9 Å². The van der Waals surface area contributed by atoms with Crippen LogP contribution in [0.1, 0.15) is 57.5 Å². The Bertz CT molecular complexity index is 1180. The van der Waals surface area contributed by atoms with E-state index in [0.29, 0.717) is 27.9 Å². The van der Waals surface area contributed by atoms with Gasteiger partial charge in [-0.2, -0.15) is 5.10 Å². The fraction of sp³-hybridized carbons (Fsp3) is 0.348. The van der Waals surface area contributed by atoms with Crippen molar-refractivity contribution in [2.75, 3.05) is 11.9 Å². The van der Waals surface area contributed by atoms with E-state index in [1.54, 1.807) is 30.5 Å². The number of aromatic nitrogens is 2. The van der Waals surface area contributed by atoms with Crippen LogP contribution in [0.15, 0.2) is 34.9 Å². The van der Waals surface area contributed by atoms with Gasteiger partial charge in [-0.3, -0.25) is 4.79 Å². The van der Waals surface area contributed by atoms with E-state index in [1.165, 1.54) is 16.0 Å². The molecular weight excluding hydrogens is 530 g/mol. The lowest BCUT2D eigenvalue weighted by atomic mass is 9.95. The second kappa shape index (κ2) is 10.7. The number of rotatable bonds is 8. The van der Waals surface area contributed by atoms with E-state index in [9.17, 15) is 9.59 Å². The minimum absolute atomic E-state index is 0.120. The number of hydrogen-bond donors (Lipinski definition) is 1. The Labute approximate surface area is 209 Å². The van der Waals surface area contributed by atoms with Crippen LogP contribution < -0.4 is 10.1 Å². The van der Waals surface area contributed by atoms with E-state index in [2.05, 4.69) is 26.3 Å². The zero-order chi connectivity index (χ0) is 23.4. The number of hydrogen-bond acceptors (Lipinski definition) is 6. The number of amides is 1. The standard InChI is InChI=1S/C23H23BrClN3O4S/c1-2-11-31-23(30)20-15-5-3-4-6-19(15)33-22(20)26-21(29)17-9-10-28(27-17)13-32-18-8-7-14(25)12-16(18)24/h7-10,12H,2-6,11,13H2,1H3,(H,26,29). The second-order valence-corrected chi connectivity index (χ2v) is 9.99. The summed E-state index contributed by atoms with van der Waals surface area (Å²) in [6.45, 7) is 2.42. The van der Waals surface area contributed by atoms with Crippen molar-refractivity contribution in [1.82, 2.24) is 9.78 Å². The lowest BCUT2D eigenvalue weighted by molar-refractivity contribution is 0.0505. The van der Waals surface area contributed by atoms with Crippen molar-refractivity contribution in [2.45, 2.75) is 45.8 Å². The molecule has 0 spiro atoms. The lowest BCUT2D eigenvalue weighted by Gasteiger charge is -2.12. The second-order valence-electron chi connectivity index (χ2n) is 7.59. The number of thiophene rings is 1. The molecule has 0 saturated heterocycles. The fourth-order valence-electron chi connectivity index (χ4n) is 3.59. The van der Waals surface area contributed by atoms with Gasteiger partial charge in [-0.15, -0.1) is 11.3 Å². The number of fused-ring (bicyclic) bond motifs is 1. The highest BCUT2D eigenvalue weighted by Crippen LogP contribution is 2.38. The molecule has 0 bridgehead atoms. The predicted octanol–water partition coefficient (Wildman–Crippen LogP) is 6.09. The summed E-state index contributed by atoms with van der Waals surface area (Å²) < 4.78 is 13.4. The van der Waals surface area contributed by atoms with Crippen LogP contribution in [0.4, 0.5) is 5.00 Å². The van der Waals surface area contributed by atoms with Gasteiger partial charge in [0.15, 0.2) is 12.4 Å². The first kappa shape index (κ1) is 23.8. The molecule has 1 aromatic carbocycles. The minimum Gasteiger partial charge on any atom is -0.470 e. The van der Waals surface area contributed by atoms with Crippen LogP contribution in [0.25, 0.3) is 0 Å². The number of nitrogens with zero attached hydrogens (tertiary/aromatic N) is 2. The van der Waals surface area contributed by atoms with Gasteiger partial charge in [0.2, 0.25) is 0 Å². The summed E-state index contributed by atoms with van der Waals surface area (Å²) in [6.07, 6.45) is 6.25. The van der Waals surface area contributed by atoms with Crippen LogP contribution in [0.5, 0.6) is 5.75 Å². The summed E-state index contributed by atoms with van der Waals surface area (Å²) in [7, 11) is 0. The number of aryl methyl sites for hydroxylation is 1. The van der Waals surface area contributed by atoms with Crippen molar-refractivity contribution in [3.63, 3.8) is 0 Å². The molecule has 0 fully saturated rings. The van der Waals surface area contributed by atoms with Crippen LogP contribution in [-0.2, 0) is 24.3 Å². The fourth-order valence-corrected chi connectivity index (χ4v) is 5.66. The van der Waals surface area contributed by atoms with Crippen molar-refractivity contribution in [3.8, 4) is 5.75 Å². The molecule has 0 saturated carbocycles. The summed E-state index contributed by atoms with van der Waals surface area (Å²) in [5.41, 5.74) is 1.73. The first-order valence-electron chi connectivity index (χ1n) is 10.7. The monoisotopic (exact) mass is 551 g/mol. The van der Waals surface area contributed by atoms with Crippen molar-refractivity contribution in [3.05, 3.63) is 61.7 Å². The smallest absolute Gasteiger partial charge is 0.341 e. The Kier molecular flexibility index (Phi) is 7.72. The maximum atomic E-state index is 12.9. The van der Waals surface area contributed by atoms with Gasteiger partial charge in [0.05, 0.1) is 16.6 Å². The third-order valence-electron chi connectivity index (χ3n) is 5.16. The number of ether oxygens (including phenoxy) is 2. The Balaban J connectivity index is 1.47. The maximum absolute atomic E-state index is 12.9. The lowest BCUT2D eigenvalue weighted by Crippen LogP contribution is -2.17. The van der Waals surface area contributed by atoms with Gasteiger partial charge in [-0.05, 0) is 77.9 Å². The Morgan fingerprint density at radius 2 is 2.09 bits per heavy atom. The number of nitrogens with one attached hydrogen (secondary N) is 1. The molecule has 1 N–H and O–H groups in total. The molecule has 1 amide bonds. The normalized spacial score (nSPS) is 12.8. The molecule has 4 rings (SSSR count). The van der Waals surface area contributed by atoms with Crippen molar-refractivity contribution < 1.29 is 19.1 Å². The number of carbonyl (C=O) groups excluding carboxylic acids is 2. The molecule has 10 heteroatoms. The predicted molar refractivity (Wildman–Crippen MR) is 131 cm³/mol. The van der Waals surface area contributed by atoms with E-state index < -0.39 is 0 Å². The van der Waals surface area contributed by atoms with E-state index in [4.69, 9.17) is 21.1 Å². The van der Waals surface area contributed by atoms with Gasteiger partial charge >= 0.3 is 5.97 Å². The first-order valence-corrected chi connectivity index (χ1v) is 12.7. The average Bonchev–Trinajstić information content (AvgIpc) is 3.41. The van der Waals surface area contributed by atoms with Crippen molar-refractivity contribution >= 4 is 55.7 Å². The molecule has 0 unspecified atom stereocenters. The van der Waals surface area contributed by atoms with Gasteiger partial charge in [-0.1, -0.05) is 18.5 Å². The zero-order valence-corrected chi connectivity index (χ0v) is 21.2. The van der Waals surface area contributed by atoms with Gasteiger partial charge in [0.25, 0.3) is 5.91 Å². The number of carbonyl (C=O) groups is 2. The SMILES string of the molecule is CCCOC(=O)c1c(NC(=O)c2ccn(COc3ccc(Cl)cc3Br)n2)sc2c1CCCC2. The van der Waals surface area contributed by atoms with Crippen LogP contribution in [-0.4, -0.2) is 28.3 Å². The summed E-state index contributed by atoms with van der Waals surface area (Å²) in [5.74, 6) is -0.149. The topological polar surface area (TPSA) is 82.5 Å². The molecule has 174 valence electrons. The highest BCUT2D eigenvalue weighted by molar-refractivity contribution is 9.10. The molecular formula is C23H23BrClN3O4S. The van der Waals surface area contributed by atoms with Crippen molar-refractivity contribution in [1.29, 1.82) is 0 Å². The summed E-state index contributed by atoms with van der Waals surface area (Å²) in [5, 5.41) is 8.31. The van der Waals surface area contributed by atoms with Crippen molar-refractivity contribution in [2.24, 2.45) is 0 Å². The summed E-state index contributed by atoms with van der Waals surface area (Å²) in [6, 6.07) is 6.83. The number of esters is 1. The third-order valence-corrected chi connectivity index (χ3v) is 7.22. The highest BCUT2D eigenvalue weighted by Gasteiger charge is 2.28. The molecule has 0 radical (unpaired) electrons. The Hall–Kier alpha value is -2.36.